The maximum Gasteiger partial charge on any atom is 0.128 e. The zero-order valence-electron chi connectivity index (χ0n) is 12.2. The summed E-state index contributed by atoms with van der Waals surface area (Å²) < 4.78 is 13.6. The van der Waals surface area contributed by atoms with Gasteiger partial charge in [0.05, 0.1) is 11.8 Å². The molecule has 2 aromatic rings. The Hall–Kier alpha value is -1.78. The summed E-state index contributed by atoms with van der Waals surface area (Å²) in [4.78, 5) is 6.49. The van der Waals surface area contributed by atoms with E-state index in [1.807, 2.05) is 18.2 Å². The topological polar surface area (TPSA) is 36.4 Å². The number of hydrogen-bond acceptors (Lipinski definition) is 3. The molecular weight excluding hydrogens is 267 g/mol. The first-order chi connectivity index (χ1) is 10.2. The molecule has 0 radical (unpaired) electrons. The van der Waals surface area contributed by atoms with Gasteiger partial charge in [0.2, 0.25) is 0 Å². The number of benzene rings is 1. The van der Waals surface area contributed by atoms with Crippen LogP contribution >= 0.6 is 0 Å². The molecule has 1 unspecified atom stereocenters. The van der Waals surface area contributed by atoms with E-state index in [0.717, 1.165) is 18.8 Å². The number of aromatic nitrogens is 1. The minimum absolute atomic E-state index is 0.349. The smallest absolute Gasteiger partial charge is 0.128 e. The van der Waals surface area contributed by atoms with Crippen molar-refractivity contribution in [3.63, 3.8) is 0 Å². The molecule has 21 heavy (non-hydrogen) atoms. The quantitative estimate of drug-likeness (QED) is 0.850. The summed E-state index contributed by atoms with van der Waals surface area (Å²) in [5, 5.41) is 10.1. The molecule has 0 saturated heterocycles. The standard InChI is InChI=1S/C17H21FN2O/c1-2-20(13-14-7-5-6-11-19-14)12-10-17(21)15-8-3-4-9-16(15)18/h3-9,11,17,21H,2,10,12-13H2,1H3. The van der Waals surface area contributed by atoms with Crippen LogP contribution in [0.25, 0.3) is 0 Å². The average Bonchev–Trinajstić information content (AvgIpc) is 2.52. The SMILES string of the molecule is CCN(CCC(O)c1ccccc1F)Cc1ccccn1. The van der Waals surface area contributed by atoms with Crippen LogP contribution in [0.5, 0.6) is 0 Å². The molecule has 0 bridgehead atoms. The number of hydrogen-bond donors (Lipinski definition) is 1. The van der Waals surface area contributed by atoms with Crippen molar-refractivity contribution in [2.75, 3.05) is 13.1 Å². The third-order valence-electron chi connectivity index (χ3n) is 3.54. The highest BCUT2D eigenvalue weighted by Crippen LogP contribution is 2.20. The minimum Gasteiger partial charge on any atom is -0.388 e. The van der Waals surface area contributed by atoms with Crippen molar-refractivity contribution in [3.05, 3.63) is 65.7 Å². The maximum atomic E-state index is 13.6. The first kappa shape index (κ1) is 15.6. The van der Waals surface area contributed by atoms with Crippen molar-refractivity contribution in [3.8, 4) is 0 Å². The molecule has 0 saturated carbocycles. The molecule has 2 rings (SSSR count). The van der Waals surface area contributed by atoms with Crippen LogP contribution in [0.3, 0.4) is 0 Å². The van der Waals surface area contributed by atoms with Gasteiger partial charge in [0.1, 0.15) is 5.82 Å². The predicted molar refractivity (Wildman–Crippen MR) is 81.2 cm³/mol. The largest absolute Gasteiger partial charge is 0.388 e. The van der Waals surface area contributed by atoms with E-state index in [9.17, 15) is 9.50 Å². The number of pyridine rings is 1. The summed E-state index contributed by atoms with van der Waals surface area (Å²) >= 11 is 0. The van der Waals surface area contributed by atoms with Crippen LogP contribution in [-0.2, 0) is 6.54 Å². The van der Waals surface area contributed by atoms with Crippen LogP contribution in [0.15, 0.2) is 48.7 Å². The van der Waals surface area contributed by atoms with Gasteiger partial charge in [-0.05, 0) is 31.2 Å². The fraction of sp³-hybridized carbons (Fsp3) is 0.353. The Labute approximate surface area is 125 Å². The lowest BCUT2D eigenvalue weighted by atomic mass is 10.1. The predicted octanol–water partition coefficient (Wildman–Crippen LogP) is 3.17. The van der Waals surface area contributed by atoms with Gasteiger partial charge in [-0.15, -0.1) is 0 Å². The average molecular weight is 288 g/mol. The molecule has 0 fully saturated rings. The number of halogens is 1. The van der Waals surface area contributed by atoms with Gasteiger partial charge in [0.25, 0.3) is 0 Å². The van der Waals surface area contributed by atoms with Gasteiger partial charge in [0.15, 0.2) is 0 Å². The van der Waals surface area contributed by atoms with Gasteiger partial charge >= 0.3 is 0 Å². The number of rotatable bonds is 7. The van der Waals surface area contributed by atoms with Gasteiger partial charge in [-0.1, -0.05) is 31.2 Å². The van der Waals surface area contributed by atoms with Gasteiger partial charge in [-0.25, -0.2) is 4.39 Å². The van der Waals surface area contributed by atoms with Crippen molar-refractivity contribution in [2.45, 2.75) is 26.0 Å². The van der Waals surface area contributed by atoms with E-state index in [1.54, 1.807) is 24.4 Å². The molecule has 3 nitrogen and oxygen atoms in total. The summed E-state index contributed by atoms with van der Waals surface area (Å²) in [5.41, 5.74) is 1.37. The highest BCUT2D eigenvalue weighted by Gasteiger charge is 2.14. The normalized spacial score (nSPS) is 12.6. The molecule has 1 heterocycles. The van der Waals surface area contributed by atoms with Crippen molar-refractivity contribution in [1.29, 1.82) is 0 Å². The van der Waals surface area contributed by atoms with Crippen LogP contribution in [0.4, 0.5) is 4.39 Å². The Balaban J connectivity index is 1.90. The molecule has 112 valence electrons. The monoisotopic (exact) mass is 288 g/mol. The Bertz CT molecular complexity index is 547. The first-order valence-corrected chi connectivity index (χ1v) is 7.25. The second-order valence-corrected chi connectivity index (χ2v) is 5.02. The lowest BCUT2D eigenvalue weighted by Gasteiger charge is -2.22. The molecule has 0 spiro atoms. The van der Waals surface area contributed by atoms with Gasteiger partial charge in [0, 0.05) is 24.8 Å². The fourth-order valence-electron chi connectivity index (χ4n) is 2.28. The Morgan fingerprint density at radius 1 is 1.19 bits per heavy atom. The maximum absolute atomic E-state index is 13.6. The van der Waals surface area contributed by atoms with E-state index in [4.69, 9.17) is 0 Å². The first-order valence-electron chi connectivity index (χ1n) is 7.25. The second kappa shape index (κ2) is 7.86. The summed E-state index contributed by atoms with van der Waals surface area (Å²) in [6.07, 6.45) is 1.50. The molecule has 0 aliphatic carbocycles. The number of aliphatic hydroxyl groups is 1. The molecule has 1 aromatic heterocycles. The van der Waals surface area contributed by atoms with Crippen LogP contribution in [0.1, 0.15) is 30.7 Å². The van der Waals surface area contributed by atoms with E-state index in [0.29, 0.717) is 18.5 Å². The minimum atomic E-state index is -0.774. The molecular formula is C17H21FN2O. The Morgan fingerprint density at radius 2 is 1.95 bits per heavy atom. The molecule has 0 amide bonds. The van der Waals surface area contributed by atoms with E-state index in [1.165, 1.54) is 6.07 Å². The van der Waals surface area contributed by atoms with Crippen molar-refractivity contribution < 1.29 is 9.50 Å². The van der Waals surface area contributed by atoms with E-state index in [-0.39, 0.29) is 5.82 Å². The van der Waals surface area contributed by atoms with E-state index >= 15 is 0 Å². The molecule has 1 atom stereocenters. The summed E-state index contributed by atoms with van der Waals surface area (Å²) in [6.45, 7) is 4.36. The molecule has 1 N–H and O–H groups in total. The van der Waals surface area contributed by atoms with Gasteiger partial charge in [-0.2, -0.15) is 0 Å². The van der Waals surface area contributed by atoms with Crippen molar-refractivity contribution >= 4 is 0 Å². The lowest BCUT2D eigenvalue weighted by molar-refractivity contribution is 0.137. The lowest BCUT2D eigenvalue weighted by Crippen LogP contribution is -2.26. The van der Waals surface area contributed by atoms with Crippen LogP contribution in [0, 0.1) is 5.82 Å². The third-order valence-corrected chi connectivity index (χ3v) is 3.54. The molecule has 1 aromatic carbocycles. The van der Waals surface area contributed by atoms with Crippen molar-refractivity contribution in [1.82, 2.24) is 9.88 Å². The zero-order chi connectivity index (χ0) is 15.1. The van der Waals surface area contributed by atoms with Crippen LogP contribution in [0.2, 0.25) is 0 Å². The van der Waals surface area contributed by atoms with Crippen LogP contribution < -0.4 is 0 Å². The van der Waals surface area contributed by atoms with Gasteiger partial charge < -0.3 is 5.11 Å². The van der Waals surface area contributed by atoms with E-state index < -0.39 is 6.10 Å². The summed E-state index contributed by atoms with van der Waals surface area (Å²) in [6, 6.07) is 12.2. The fourth-order valence-corrected chi connectivity index (χ4v) is 2.28. The Kier molecular flexibility index (Phi) is 5.84. The van der Waals surface area contributed by atoms with Crippen LogP contribution in [-0.4, -0.2) is 28.1 Å². The highest BCUT2D eigenvalue weighted by atomic mass is 19.1. The summed E-state index contributed by atoms with van der Waals surface area (Å²) in [7, 11) is 0. The summed E-state index contributed by atoms with van der Waals surface area (Å²) in [5.74, 6) is -0.349. The molecule has 4 heteroatoms. The van der Waals surface area contributed by atoms with Crippen molar-refractivity contribution in [2.24, 2.45) is 0 Å². The van der Waals surface area contributed by atoms with Gasteiger partial charge in [-0.3, -0.25) is 9.88 Å². The van der Waals surface area contributed by atoms with E-state index in [2.05, 4.69) is 16.8 Å². The molecule has 0 aliphatic heterocycles. The third kappa shape index (κ3) is 4.62. The molecule has 0 aliphatic rings. The Morgan fingerprint density at radius 3 is 2.62 bits per heavy atom. The zero-order valence-corrected chi connectivity index (χ0v) is 12.2. The highest BCUT2D eigenvalue weighted by molar-refractivity contribution is 5.19. The number of nitrogens with zero attached hydrogens (tertiary/aromatic N) is 2. The second-order valence-electron chi connectivity index (χ2n) is 5.02. The number of aliphatic hydroxyl groups excluding tert-OH is 1.